The van der Waals surface area contributed by atoms with Crippen LogP contribution in [0, 0.1) is 0 Å². The van der Waals surface area contributed by atoms with Crippen LogP contribution in [-0.2, 0) is 0 Å². The predicted molar refractivity (Wildman–Crippen MR) is 198 cm³/mol. The third-order valence-electron chi connectivity index (χ3n) is 9.51. The Bertz CT molecular complexity index is 2600. The van der Waals surface area contributed by atoms with Crippen LogP contribution in [0.15, 0.2) is 170 Å². The van der Waals surface area contributed by atoms with Crippen molar-refractivity contribution < 1.29 is 0 Å². The Morgan fingerprint density at radius 3 is 1.75 bits per heavy atom. The number of fused-ring (bicyclic) bond motifs is 5. The molecular formula is C44H28N4. The van der Waals surface area contributed by atoms with Gasteiger partial charge in [-0.05, 0) is 53.4 Å². The van der Waals surface area contributed by atoms with Crippen molar-refractivity contribution in [3.63, 3.8) is 0 Å². The van der Waals surface area contributed by atoms with E-state index in [0.29, 0.717) is 5.95 Å². The molecule has 9 aromatic rings. The van der Waals surface area contributed by atoms with Gasteiger partial charge in [0, 0.05) is 38.5 Å². The van der Waals surface area contributed by atoms with E-state index in [-0.39, 0.29) is 0 Å². The summed E-state index contributed by atoms with van der Waals surface area (Å²) in [6.45, 7) is 0. The van der Waals surface area contributed by atoms with Crippen molar-refractivity contribution in [2.24, 2.45) is 0 Å². The van der Waals surface area contributed by atoms with E-state index in [1.54, 1.807) is 0 Å². The molecule has 4 heteroatoms. The highest BCUT2D eigenvalue weighted by Gasteiger charge is 2.30. The smallest absolute Gasteiger partial charge is 0.235 e. The molecule has 7 aromatic carbocycles. The van der Waals surface area contributed by atoms with Crippen LogP contribution in [0.25, 0.3) is 71.9 Å². The molecule has 10 rings (SSSR count). The molecule has 0 saturated heterocycles. The van der Waals surface area contributed by atoms with E-state index in [4.69, 9.17) is 9.97 Å². The summed E-state index contributed by atoms with van der Waals surface area (Å²) < 4.78 is 2.38. The number of para-hydroxylation sites is 2. The normalized spacial score (nSPS) is 12.1. The minimum atomic E-state index is 0.639. The molecule has 0 bridgehead atoms. The van der Waals surface area contributed by atoms with Crippen molar-refractivity contribution in [3.05, 3.63) is 170 Å². The molecule has 0 fully saturated rings. The number of hydrogen-bond acceptors (Lipinski definition) is 3. The highest BCUT2D eigenvalue weighted by molar-refractivity contribution is 6.18. The lowest BCUT2D eigenvalue weighted by atomic mass is 9.90. The lowest BCUT2D eigenvalue weighted by Gasteiger charge is -2.32. The molecule has 224 valence electrons. The predicted octanol–water partition coefficient (Wildman–Crippen LogP) is 11.5. The fourth-order valence-electron chi connectivity index (χ4n) is 7.39. The molecule has 1 aliphatic rings. The monoisotopic (exact) mass is 612 g/mol. The lowest BCUT2D eigenvalue weighted by Crippen LogP contribution is -2.18. The van der Waals surface area contributed by atoms with Gasteiger partial charge in [-0.25, -0.2) is 9.97 Å². The van der Waals surface area contributed by atoms with Crippen molar-refractivity contribution in [1.29, 1.82) is 0 Å². The Balaban J connectivity index is 1.33. The van der Waals surface area contributed by atoms with Crippen molar-refractivity contribution in [2.75, 3.05) is 4.90 Å². The van der Waals surface area contributed by atoms with Crippen molar-refractivity contribution >= 4 is 49.9 Å². The third kappa shape index (κ3) is 4.03. The Morgan fingerprint density at radius 2 is 1.04 bits per heavy atom. The van der Waals surface area contributed by atoms with Gasteiger partial charge in [-0.3, -0.25) is 4.90 Å². The van der Waals surface area contributed by atoms with E-state index in [1.165, 1.54) is 32.6 Å². The third-order valence-corrected chi connectivity index (χ3v) is 9.51. The first-order chi connectivity index (χ1) is 23.8. The van der Waals surface area contributed by atoms with Gasteiger partial charge < -0.3 is 4.57 Å². The van der Waals surface area contributed by atoms with Gasteiger partial charge in [0.25, 0.3) is 0 Å². The van der Waals surface area contributed by atoms with Gasteiger partial charge in [-0.1, -0.05) is 127 Å². The number of nitrogens with zero attached hydrogens (tertiary/aromatic N) is 4. The minimum Gasteiger partial charge on any atom is -0.309 e. The van der Waals surface area contributed by atoms with Gasteiger partial charge in [-0.15, -0.1) is 0 Å². The van der Waals surface area contributed by atoms with Crippen LogP contribution >= 0.6 is 0 Å². The summed E-state index contributed by atoms with van der Waals surface area (Å²) >= 11 is 0. The van der Waals surface area contributed by atoms with Gasteiger partial charge in [0.2, 0.25) is 5.95 Å². The van der Waals surface area contributed by atoms with Gasteiger partial charge >= 0.3 is 0 Å². The maximum absolute atomic E-state index is 5.32. The van der Waals surface area contributed by atoms with Crippen LogP contribution in [0.1, 0.15) is 0 Å². The molecule has 48 heavy (non-hydrogen) atoms. The molecule has 4 nitrogen and oxygen atoms in total. The maximum atomic E-state index is 5.32. The average molecular weight is 613 g/mol. The molecular weight excluding hydrogens is 585 g/mol. The van der Waals surface area contributed by atoms with Crippen LogP contribution in [-0.4, -0.2) is 14.5 Å². The second-order valence-corrected chi connectivity index (χ2v) is 12.3. The Morgan fingerprint density at radius 1 is 0.417 bits per heavy atom. The van der Waals surface area contributed by atoms with Crippen LogP contribution in [0.5, 0.6) is 0 Å². The standard InChI is InChI=1S/C44H28N4/c1-4-14-29(15-5-1)37-27-38(30-16-6-2-7-17-30)46-44(45-37)48-40-25-13-19-31-18-12-23-34(43(31)40)36-26-35-33-22-10-11-24-39(33)47(41(35)28-42(36)48)32-20-8-3-9-21-32/h1-28H. The second-order valence-electron chi connectivity index (χ2n) is 12.3. The molecule has 3 heterocycles. The summed E-state index contributed by atoms with van der Waals surface area (Å²) in [4.78, 5) is 12.9. The van der Waals surface area contributed by atoms with E-state index in [1.807, 2.05) is 12.1 Å². The molecule has 2 aromatic heterocycles. The fraction of sp³-hybridized carbons (Fsp3) is 0. The Hall–Kier alpha value is -6.52. The number of anilines is 3. The Labute approximate surface area is 277 Å². The summed E-state index contributed by atoms with van der Waals surface area (Å²) in [5.74, 6) is 0.639. The molecule has 0 spiro atoms. The van der Waals surface area contributed by atoms with Gasteiger partial charge in [-0.2, -0.15) is 0 Å². The molecule has 0 saturated carbocycles. The fourth-order valence-corrected chi connectivity index (χ4v) is 7.39. The first-order valence-electron chi connectivity index (χ1n) is 16.3. The summed E-state index contributed by atoms with van der Waals surface area (Å²) in [5, 5.41) is 4.84. The average Bonchev–Trinajstić information content (AvgIpc) is 3.48. The summed E-state index contributed by atoms with van der Waals surface area (Å²) in [5.41, 5.74) is 11.8. The summed E-state index contributed by atoms with van der Waals surface area (Å²) in [6, 6.07) is 60.1. The molecule has 0 N–H and O–H groups in total. The van der Waals surface area contributed by atoms with E-state index in [2.05, 4.69) is 167 Å². The molecule has 0 radical (unpaired) electrons. The molecule has 0 unspecified atom stereocenters. The zero-order chi connectivity index (χ0) is 31.6. The van der Waals surface area contributed by atoms with Crippen LogP contribution in [0.3, 0.4) is 0 Å². The van der Waals surface area contributed by atoms with Gasteiger partial charge in [0.15, 0.2) is 0 Å². The minimum absolute atomic E-state index is 0.639. The lowest BCUT2D eigenvalue weighted by molar-refractivity contribution is 1.09. The molecule has 0 amide bonds. The highest BCUT2D eigenvalue weighted by atomic mass is 15.3. The van der Waals surface area contributed by atoms with Crippen LogP contribution < -0.4 is 4.90 Å². The maximum Gasteiger partial charge on any atom is 0.235 e. The van der Waals surface area contributed by atoms with E-state index >= 15 is 0 Å². The van der Waals surface area contributed by atoms with Crippen molar-refractivity contribution in [3.8, 4) is 39.3 Å². The topological polar surface area (TPSA) is 34.0 Å². The highest BCUT2D eigenvalue weighted by Crippen LogP contribution is 2.52. The van der Waals surface area contributed by atoms with Gasteiger partial charge in [0.05, 0.1) is 33.8 Å². The zero-order valence-corrected chi connectivity index (χ0v) is 26.0. The Kier molecular flexibility index (Phi) is 5.84. The van der Waals surface area contributed by atoms with Crippen LogP contribution in [0.4, 0.5) is 17.3 Å². The number of benzene rings is 7. The largest absolute Gasteiger partial charge is 0.309 e. The number of aromatic nitrogens is 3. The van der Waals surface area contributed by atoms with E-state index < -0.39 is 0 Å². The van der Waals surface area contributed by atoms with Crippen molar-refractivity contribution in [2.45, 2.75) is 0 Å². The zero-order valence-electron chi connectivity index (χ0n) is 26.0. The molecule has 0 atom stereocenters. The molecule has 0 aliphatic carbocycles. The summed E-state index contributed by atoms with van der Waals surface area (Å²) in [7, 11) is 0. The van der Waals surface area contributed by atoms with Crippen molar-refractivity contribution in [1.82, 2.24) is 14.5 Å². The first-order valence-corrected chi connectivity index (χ1v) is 16.3. The number of hydrogen-bond donors (Lipinski definition) is 0. The van der Waals surface area contributed by atoms with Gasteiger partial charge in [0.1, 0.15) is 0 Å². The quantitative estimate of drug-likeness (QED) is 0.198. The number of rotatable bonds is 4. The summed E-state index contributed by atoms with van der Waals surface area (Å²) in [6.07, 6.45) is 0. The van der Waals surface area contributed by atoms with E-state index in [9.17, 15) is 0 Å². The van der Waals surface area contributed by atoms with E-state index in [0.717, 1.165) is 50.7 Å². The second kappa shape index (κ2) is 10.5. The van der Waals surface area contributed by atoms with Crippen LogP contribution in [0.2, 0.25) is 0 Å². The SMILES string of the molecule is c1ccc(-c2cc(-c3ccccc3)nc(N3c4cc5c(cc4-c4cccc6cccc3c46)c3ccccc3n5-c3ccccc3)n2)cc1. The first kappa shape index (κ1) is 26.7. The molecule has 1 aliphatic heterocycles.